The van der Waals surface area contributed by atoms with Gasteiger partial charge >= 0.3 is 0 Å². The molecule has 0 atom stereocenters. The van der Waals surface area contributed by atoms with Crippen LogP contribution in [0, 0.1) is 0 Å². The van der Waals surface area contributed by atoms with Gasteiger partial charge in [-0.15, -0.1) is 0 Å². The zero-order valence-corrected chi connectivity index (χ0v) is 14.2. The molecule has 3 N–H and O–H groups in total. The summed E-state index contributed by atoms with van der Waals surface area (Å²) in [5.74, 6) is 0.691. The average molecular weight is 365 g/mol. The van der Waals surface area contributed by atoms with Crippen LogP contribution in [-0.2, 0) is 0 Å². The van der Waals surface area contributed by atoms with Gasteiger partial charge in [0.15, 0.2) is 5.96 Å². The van der Waals surface area contributed by atoms with Crippen molar-refractivity contribution in [1.29, 1.82) is 0 Å². The second-order valence-corrected chi connectivity index (χ2v) is 5.96. The Bertz CT molecular complexity index is 563. The highest BCUT2D eigenvalue weighted by Crippen LogP contribution is 2.11. The summed E-state index contributed by atoms with van der Waals surface area (Å²) in [6.45, 7) is 1.16. The minimum atomic E-state index is -0.0777. The number of nitrogens with zero attached hydrogens (tertiary/aromatic N) is 1. The Kier molecular flexibility index (Phi) is 6.45. The van der Waals surface area contributed by atoms with Crippen molar-refractivity contribution in [3.8, 4) is 0 Å². The van der Waals surface area contributed by atoms with Gasteiger partial charge in [0.25, 0.3) is 5.91 Å². The number of rotatable bonds is 5. The van der Waals surface area contributed by atoms with E-state index in [0.717, 1.165) is 23.3 Å². The van der Waals surface area contributed by atoms with E-state index in [9.17, 15) is 4.79 Å². The summed E-state index contributed by atoms with van der Waals surface area (Å²) in [6.07, 6.45) is 6.40. The van der Waals surface area contributed by atoms with Crippen LogP contribution in [-0.4, -0.2) is 38.0 Å². The third-order valence-electron chi connectivity index (χ3n) is 3.36. The highest BCUT2D eigenvalue weighted by Gasteiger charge is 2.11. The molecule has 1 aliphatic carbocycles. The number of amides is 1. The average Bonchev–Trinajstić information content (AvgIpc) is 3.03. The lowest BCUT2D eigenvalue weighted by atomic mass is 10.2. The van der Waals surface area contributed by atoms with Gasteiger partial charge in [-0.25, -0.2) is 0 Å². The van der Waals surface area contributed by atoms with Gasteiger partial charge in [0.1, 0.15) is 0 Å². The van der Waals surface area contributed by atoms with Crippen molar-refractivity contribution in [3.05, 3.63) is 46.5 Å². The van der Waals surface area contributed by atoms with Gasteiger partial charge < -0.3 is 16.0 Å². The van der Waals surface area contributed by atoms with E-state index in [1.54, 1.807) is 19.2 Å². The Morgan fingerprint density at radius 2 is 2.00 bits per heavy atom. The fourth-order valence-corrected chi connectivity index (χ4v) is 2.61. The fourth-order valence-electron chi connectivity index (χ4n) is 2.21. The van der Waals surface area contributed by atoms with Gasteiger partial charge in [-0.1, -0.05) is 34.1 Å². The molecule has 0 fully saturated rings. The van der Waals surface area contributed by atoms with Crippen LogP contribution in [0.2, 0.25) is 0 Å². The van der Waals surface area contributed by atoms with Crippen LogP contribution in [0.15, 0.2) is 45.9 Å². The summed E-state index contributed by atoms with van der Waals surface area (Å²) >= 11 is 3.36. The van der Waals surface area contributed by atoms with Crippen LogP contribution in [0.4, 0.5) is 0 Å². The van der Waals surface area contributed by atoms with E-state index in [4.69, 9.17) is 0 Å². The molecule has 0 heterocycles. The molecule has 1 aromatic rings. The maximum atomic E-state index is 12.0. The maximum absolute atomic E-state index is 12.0. The molecule has 0 radical (unpaired) electrons. The summed E-state index contributed by atoms with van der Waals surface area (Å²) in [5.41, 5.74) is 0.647. The van der Waals surface area contributed by atoms with Gasteiger partial charge in [-0.2, -0.15) is 0 Å². The summed E-state index contributed by atoms with van der Waals surface area (Å²) in [5, 5.41) is 9.43. The quantitative estimate of drug-likeness (QED) is 0.324. The molecule has 2 rings (SSSR count). The first-order valence-electron chi connectivity index (χ1n) is 7.35. The summed E-state index contributed by atoms with van der Waals surface area (Å²) < 4.78 is 0.896. The molecule has 1 amide bonds. The van der Waals surface area contributed by atoms with E-state index in [1.807, 2.05) is 12.1 Å². The number of carbonyl (C=O) groups is 1. The van der Waals surface area contributed by atoms with Crippen LogP contribution >= 0.6 is 15.9 Å². The Labute approximate surface area is 139 Å². The Morgan fingerprint density at radius 3 is 2.68 bits per heavy atom. The highest BCUT2D eigenvalue weighted by molar-refractivity contribution is 9.10. The molecule has 1 aromatic carbocycles. The summed E-state index contributed by atoms with van der Waals surface area (Å²) in [4.78, 5) is 16.2. The predicted octanol–water partition coefficient (Wildman–Crippen LogP) is 2.06. The second-order valence-electron chi connectivity index (χ2n) is 5.05. The lowest BCUT2D eigenvalue weighted by Crippen LogP contribution is -2.45. The largest absolute Gasteiger partial charge is 0.355 e. The number of hydrogen-bond donors (Lipinski definition) is 3. The Hall–Kier alpha value is -1.82. The number of benzene rings is 1. The van der Waals surface area contributed by atoms with Crippen LogP contribution in [0.1, 0.15) is 23.2 Å². The van der Waals surface area contributed by atoms with Crippen molar-refractivity contribution in [2.24, 2.45) is 4.99 Å². The number of hydrogen-bond acceptors (Lipinski definition) is 2. The van der Waals surface area contributed by atoms with Crippen molar-refractivity contribution in [1.82, 2.24) is 16.0 Å². The van der Waals surface area contributed by atoms with Gasteiger partial charge in [0.05, 0.1) is 0 Å². The molecule has 0 saturated carbocycles. The molecule has 0 aromatic heterocycles. The fraction of sp³-hybridized carbons (Fsp3) is 0.375. The number of aliphatic imine (C=N–C) groups is 1. The van der Waals surface area contributed by atoms with Crippen LogP contribution in [0.3, 0.4) is 0 Å². The van der Waals surface area contributed by atoms with E-state index in [0.29, 0.717) is 24.7 Å². The molecule has 22 heavy (non-hydrogen) atoms. The number of halogens is 1. The minimum absolute atomic E-state index is 0.0777. The Balaban J connectivity index is 1.68. The maximum Gasteiger partial charge on any atom is 0.251 e. The molecule has 0 aliphatic heterocycles. The van der Waals surface area contributed by atoms with E-state index >= 15 is 0 Å². The van der Waals surface area contributed by atoms with Crippen molar-refractivity contribution >= 4 is 27.8 Å². The molecule has 0 saturated heterocycles. The molecule has 5 nitrogen and oxygen atoms in total. The van der Waals surface area contributed by atoms with Crippen LogP contribution in [0.25, 0.3) is 0 Å². The van der Waals surface area contributed by atoms with E-state index in [2.05, 4.69) is 49.0 Å². The summed E-state index contributed by atoms with van der Waals surface area (Å²) in [6, 6.07) is 7.75. The van der Waals surface area contributed by atoms with Crippen molar-refractivity contribution in [2.75, 3.05) is 20.1 Å². The minimum Gasteiger partial charge on any atom is -0.355 e. The second kappa shape index (κ2) is 8.58. The SMILES string of the molecule is CN=C(NCCNC(=O)c1cccc(Br)c1)NC1CC=CC1. The predicted molar refractivity (Wildman–Crippen MR) is 93.1 cm³/mol. The third-order valence-corrected chi connectivity index (χ3v) is 3.86. The van der Waals surface area contributed by atoms with E-state index in [-0.39, 0.29) is 5.91 Å². The van der Waals surface area contributed by atoms with Gasteiger partial charge in [0, 0.05) is 36.2 Å². The van der Waals surface area contributed by atoms with Crippen molar-refractivity contribution in [2.45, 2.75) is 18.9 Å². The first-order valence-corrected chi connectivity index (χ1v) is 8.14. The zero-order chi connectivity index (χ0) is 15.8. The lowest BCUT2D eigenvalue weighted by Gasteiger charge is -2.17. The zero-order valence-electron chi connectivity index (χ0n) is 12.6. The summed E-state index contributed by atoms with van der Waals surface area (Å²) in [7, 11) is 1.75. The lowest BCUT2D eigenvalue weighted by molar-refractivity contribution is 0.0954. The van der Waals surface area contributed by atoms with Crippen molar-refractivity contribution < 1.29 is 4.79 Å². The third kappa shape index (κ3) is 5.18. The highest BCUT2D eigenvalue weighted by atomic mass is 79.9. The molecule has 0 bridgehead atoms. The van der Waals surface area contributed by atoms with E-state index in [1.165, 1.54) is 0 Å². The van der Waals surface area contributed by atoms with Gasteiger partial charge in [-0.05, 0) is 31.0 Å². The van der Waals surface area contributed by atoms with Gasteiger partial charge in [-0.3, -0.25) is 9.79 Å². The molecule has 6 heteroatoms. The number of carbonyl (C=O) groups excluding carboxylic acids is 1. The van der Waals surface area contributed by atoms with Crippen LogP contribution in [0.5, 0.6) is 0 Å². The normalized spacial score (nSPS) is 14.9. The number of guanidine groups is 1. The topological polar surface area (TPSA) is 65.5 Å². The first-order chi connectivity index (χ1) is 10.7. The Morgan fingerprint density at radius 1 is 1.27 bits per heavy atom. The molecule has 118 valence electrons. The monoisotopic (exact) mass is 364 g/mol. The smallest absolute Gasteiger partial charge is 0.251 e. The van der Waals surface area contributed by atoms with Crippen LogP contribution < -0.4 is 16.0 Å². The molecular formula is C16H21BrN4O. The molecule has 1 aliphatic rings. The van der Waals surface area contributed by atoms with E-state index < -0.39 is 0 Å². The van der Waals surface area contributed by atoms with Gasteiger partial charge in [0.2, 0.25) is 0 Å². The first kappa shape index (κ1) is 16.5. The standard InChI is InChI=1S/C16H21BrN4O/c1-18-16(21-14-7-2-3-8-14)20-10-9-19-15(22)12-5-4-6-13(17)11-12/h2-6,11,14H,7-10H2,1H3,(H,19,22)(H2,18,20,21). The molecule has 0 unspecified atom stereocenters. The molecule has 0 spiro atoms. The molecular weight excluding hydrogens is 344 g/mol. The van der Waals surface area contributed by atoms with Crippen molar-refractivity contribution in [3.63, 3.8) is 0 Å². The number of nitrogens with one attached hydrogen (secondary N) is 3.